The van der Waals surface area contributed by atoms with Gasteiger partial charge in [-0.3, -0.25) is 0 Å². The van der Waals surface area contributed by atoms with Crippen LogP contribution in [0.3, 0.4) is 0 Å². The van der Waals surface area contributed by atoms with Crippen LogP contribution in [0.25, 0.3) is 0 Å². The highest BCUT2D eigenvalue weighted by atomic mass is 32.2. The minimum atomic E-state index is -3.60. The van der Waals surface area contributed by atoms with E-state index in [9.17, 15) is 8.42 Å². The molecule has 1 rings (SSSR count). The third-order valence-electron chi connectivity index (χ3n) is 2.32. The van der Waals surface area contributed by atoms with Gasteiger partial charge in [-0.15, -0.1) is 0 Å². The molecule has 5 nitrogen and oxygen atoms in total. The van der Waals surface area contributed by atoms with Crippen LogP contribution in [0.1, 0.15) is 18.1 Å². The number of nitrogens with two attached hydrogens (primary N) is 1. The summed E-state index contributed by atoms with van der Waals surface area (Å²) in [7, 11) is -3.60. The number of hydrogen-bond acceptors (Lipinski definition) is 4. The first-order chi connectivity index (χ1) is 7.74. The van der Waals surface area contributed by atoms with Crippen LogP contribution in [-0.2, 0) is 10.0 Å². The van der Waals surface area contributed by atoms with Crippen molar-refractivity contribution in [3.63, 3.8) is 0 Å². The Morgan fingerprint density at radius 1 is 1.35 bits per heavy atom. The van der Waals surface area contributed by atoms with E-state index in [-0.39, 0.29) is 11.4 Å². The van der Waals surface area contributed by atoms with Crippen LogP contribution in [0.2, 0.25) is 0 Å². The molecule has 0 amide bonds. The highest BCUT2D eigenvalue weighted by Crippen LogP contribution is 2.22. The monoisotopic (exact) mass is 258 g/mol. The molecule has 4 N–H and O–H groups in total. The Kier molecular flexibility index (Phi) is 4.13. The van der Waals surface area contributed by atoms with Gasteiger partial charge in [0.15, 0.2) is 0 Å². The third-order valence-corrected chi connectivity index (χ3v) is 4.05. The van der Waals surface area contributed by atoms with Gasteiger partial charge in [-0.2, -0.15) is 0 Å². The quantitative estimate of drug-likeness (QED) is 0.687. The Balaban J connectivity index is 3.16. The predicted molar refractivity (Wildman–Crippen MR) is 67.2 cm³/mol. The molecule has 17 heavy (non-hydrogen) atoms. The van der Waals surface area contributed by atoms with Crippen molar-refractivity contribution in [1.82, 2.24) is 4.72 Å². The summed E-state index contributed by atoms with van der Waals surface area (Å²) in [6, 6.07) is 3.23. The second-order valence-corrected chi connectivity index (χ2v) is 5.89. The molecule has 0 heterocycles. The molecular formula is C11H18N2O3S. The lowest BCUT2D eigenvalue weighted by Gasteiger charge is -2.13. The molecule has 0 saturated heterocycles. The molecule has 1 unspecified atom stereocenters. The zero-order chi connectivity index (χ0) is 13.2. The first-order valence-electron chi connectivity index (χ1n) is 5.28. The number of hydrogen-bond donors (Lipinski definition) is 3. The number of nitrogens with one attached hydrogen (secondary N) is 1. The zero-order valence-electron chi connectivity index (χ0n) is 10.2. The average molecular weight is 258 g/mol. The van der Waals surface area contributed by atoms with Crippen LogP contribution in [0, 0.1) is 13.8 Å². The summed E-state index contributed by atoms with van der Waals surface area (Å²) in [5.41, 5.74) is 7.37. The van der Waals surface area contributed by atoms with E-state index in [0.717, 1.165) is 0 Å². The fourth-order valence-electron chi connectivity index (χ4n) is 1.71. The van der Waals surface area contributed by atoms with Crippen LogP contribution in [0.15, 0.2) is 17.0 Å². The molecule has 1 aromatic carbocycles. The summed E-state index contributed by atoms with van der Waals surface area (Å²) in [4.78, 5) is 0.229. The van der Waals surface area contributed by atoms with Crippen molar-refractivity contribution >= 4 is 15.7 Å². The van der Waals surface area contributed by atoms with Crippen molar-refractivity contribution in [1.29, 1.82) is 0 Å². The zero-order valence-corrected chi connectivity index (χ0v) is 11.0. The number of anilines is 1. The smallest absolute Gasteiger partial charge is 0.241 e. The Hall–Kier alpha value is -1.11. The molecule has 1 aromatic rings. The summed E-state index contributed by atoms with van der Waals surface area (Å²) in [6.07, 6.45) is -0.723. The lowest BCUT2D eigenvalue weighted by molar-refractivity contribution is 0.198. The lowest BCUT2D eigenvalue weighted by Crippen LogP contribution is -2.31. The van der Waals surface area contributed by atoms with Gasteiger partial charge >= 0.3 is 0 Å². The molecule has 0 fully saturated rings. The summed E-state index contributed by atoms with van der Waals surface area (Å²) in [6.45, 7) is 4.90. The Labute approximate surface area is 102 Å². The molecule has 0 saturated carbocycles. The van der Waals surface area contributed by atoms with Gasteiger partial charge in [0.1, 0.15) is 0 Å². The van der Waals surface area contributed by atoms with E-state index in [1.165, 1.54) is 6.92 Å². The van der Waals surface area contributed by atoms with Crippen molar-refractivity contribution < 1.29 is 13.5 Å². The Morgan fingerprint density at radius 3 is 2.24 bits per heavy atom. The predicted octanol–water partition coefficient (Wildman–Crippen LogP) is 0.545. The van der Waals surface area contributed by atoms with Crippen molar-refractivity contribution in [3.8, 4) is 0 Å². The van der Waals surface area contributed by atoms with Crippen molar-refractivity contribution in [2.75, 3.05) is 12.3 Å². The summed E-state index contributed by atoms with van der Waals surface area (Å²) in [5, 5.41) is 9.10. The molecule has 6 heteroatoms. The van der Waals surface area contributed by atoms with Gasteiger partial charge in [0.05, 0.1) is 11.0 Å². The number of aryl methyl sites for hydroxylation is 2. The van der Waals surface area contributed by atoms with Gasteiger partial charge < -0.3 is 10.8 Å². The fraction of sp³-hybridized carbons (Fsp3) is 0.455. The standard InChI is InChI=1S/C11H18N2O3S/c1-7-4-10(12)5-8(2)11(7)17(15,16)13-6-9(3)14/h4-5,9,13-14H,6,12H2,1-3H3. The topological polar surface area (TPSA) is 92.4 Å². The van der Waals surface area contributed by atoms with E-state index in [4.69, 9.17) is 10.8 Å². The van der Waals surface area contributed by atoms with Crippen molar-refractivity contribution in [2.24, 2.45) is 0 Å². The van der Waals surface area contributed by atoms with Gasteiger partial charge in [-0.1, -0.05) is 0 Å². The van der Waals surface area contributed by atoms with E-state index in [1.807, 2.05) is 0 Å². The first-order valence-corrected chi connectivity index (χ1v) is 6.77. The first kappa shape index (κ1) is 14.0. The lowest BCUT2D eigenvalue weighted by atomic mass is 10.1. The fourth-order valence-corrected chi connectivity index (χ4v) is 3.28. The molecule has 96 valence electrons. The van der Waals surface area contributed by atoms with E-state index >= 15 is 0 Å². The molecular weight excluding hydrogens is 240 g/mol. The molecule has 0 aromatic heterocycles. The van der Waals surface area contributed by atoms with E-state index in [0.29, 0.717) is 16.8 Å². The number of nitrogen functional groups attached to an aromatic ring is 1. The number of sulfonamides is 1. The van der Waals surface area contributed by atoms with Crippen LogP contribution in [0.4, 0.5) is 5.69 Å². The van der Waals surface area contributed by atoms with Crippen LogP contribution in [-0.4, -0.2) is 26.2 Å². The van der Waals surface area contributed by atoms with Crippen LogP contribution >= 0.6 is 0 Å². The maximum absolute atomic E-state index is 12.0. The second kappa shape index (κ2) is 5.03. The van der Waals surface area contributed by atoms with E-state index in [1.54, 1.807) is 26.0 Å². The Bertz CT molecular complexity index is 486. The van der Waals surface area contributed by atoms with E-state index in [2.05, 4.69) is 4.72 Å². The highest BCUT2D eigenvalue weighted by Gasteiger charge is 2.19. The average Bonchev–Trinajstić information content (AvgIpc) is 2.12. The minimum Gasteiger partial charge on any atom is -0.399 e. The van der Waals surface area contributed by atoms with Crippen molar-refractivity contribution in [2.45, 2.75) is 31.8 Å². The summed E-state index contributed by atoms with van der Waals surface area (Å²) < 4.78 is 26.4. The normalized spacial score (nSPS) is 13.6. The summed E-state index contributed by atoms with van der Waals surface area (Å²) in [5.74, 6) is 0. The van der Waals surface area contributed by atoms with E-state index < -0.39 is 16.1 Å². The molecule has 0 radical (unpaired) electrons. The number of aliphatic hydroxyl groups excluding tert-OH is 1. The molecule has 0 aliphatic carbocycles. The number of benzene rings is 1. The SMILES string of the molecule is Cc1cc(N)cc(C)c1S(=O)(=O)NCC(C)O. The van der Waals surface area contributed by atoms with Gasteiger partial charge in [0.25, 0.3) is 0 Å². The third kappa shape index (κ3) is 3.42. The minimum absolute atomic E-state index is 0.00834. The van der Waals surface area contributed by atoms with Crippen LogP contribution in [0.5, 0.6) is 0 Å². The largest absolute Gasteiger partial charge is 0.399 e. The maximum Gasteiger partial charge on any atom is 0.241 e. The maximum atomic E-state index is 12.0. The highest BCUT2D eigenvalue weighted by molar-refractivity contribution is 7.89. The van der Waals surface area contributed by atoms with Gasteiger partial charge in [0, 0.05) is 12.2 Å². The molecule has 0 aliphatic rings. The number of rotatable bonds is 4. The van der Waals surface area contributed by atoms with Crippen molar-refractivity contribution in [3.05, 3.63) is 23.3 Å². The van der Waals surface area contributed by atoms with Gasteiger partial charge in [-0.05, 0) is 44.0 Å². The summed E-state index contributed by atoms with van der Waals surface area (Å²) >= 11 is 0. The molecule has 0 bridgehead atoms. The molecule has 1 atom stereocenters. The van der Waals surface area contributed by atoms with Gasteiger partial charge in [0.2, 0.25) is 10.0 Å². The van der Waals surface area contributed by atoms with Gasteiger partial charge in [-0.25, -0.2) is 13.1 Å². The molecule has 0 spiro atoms. The number of aliphatic hydroxyl groups is 1. The van der Waals surface area contributed by atoms with Crippen LogP contribution < -0.4 is 10.5 Å². The Morgan fingerprint density at radius 2 is 1.82 bits per heavy atom. The second-order valence-electron chi connectivity index (χ2n) is 4.18. The molecule has 0 aliphatic heterocycles.